The number of benzene rings is 1. The molecule has 1 atom stereocenters. The minimum Gasteiger partial charge on any atom is -0.490 e. The molecule has 1 aromatic rings. The molecule has 0 aliphatic carbocycles. The summed E-state index contributed by atoms with van der Waals surface area (Å²) in [6, 6.07) is 7.45. The van der Waals surface area contributed by atoms with Crippen molar-refractivity contribution >= 4 is 11.6 Å². The summed E-state index contributed by atoms with van der Waals surface area (Å²) in [6.07, 6.45) is 0.237. The van der Waals surface area contributed by atoms with Crippen molar-refractivity contribution in [3.05, 3.63) is 29.3 Å². The molecule has 72 valence electrons. The van der Waals surface area contributed by atoms with Crippen LogP contribution in [0.25, 0.3) is 0 Å². The third-order valence-corrected chi connectivity index (χ3v) is 2.33. The van der Waals surface area contributed by atoms with Gasteiger partial charge in [-0.3, -0.25) is 0 Å². The van der Waals surface area contributed by atoms with Crippen LogP contribution in [0.1, 0.15) is 20.8 Å². The molecule has 1 rings (SSSR count). The zero-order chi connectivity index (χ0) is 9.84. The first kappa shape index (κ1) is 10.4. The minimum atomic E-state index is 0.237. The molecule has 0 saturated heterocycles. The summed E-state index contributed by atoms with van der Waals surface area (Å²) < 4.78 is 5.67. The van der Waals surface area contributed by atoms with Crippen LogP contribution < -0.4 is 4.74 Å². The van der Waals surface area contributed by atoms with E-state index in [0.29, 0.717) is 5.92 Å². The first-order valence-electron chi connectivity index (χ1n) is 4.52. The number of hydrogen-bond donors (Lipinski definition) is 0. The summed E-state index contributed by atoms with van der Waals surface area (Å²) in [5, 5.41) is 0.740. The van der Waals surface area contributed by atoms with Gasteiger partial charge in [-0.15, -0.1) is 0 Å². The van der Waals surface area contributed by atoms with Gasteiger partial charge in [-0.05, 0) is 37.1 Å². The van der Waals surface area contributed by atoms with Gasteiger partial charge in [0.1, 0.15) is 5.75 Å². The van der Waals surface area contributed by atoms with E-state index in [-0.39, 0.29) is 6.10 Å². The maximum atomic E-state index is 5.76. The van der Waals surface area contributed by atoms with Gasteiger partial charge in [-0.25, -0.2) is 0 Å². The highest BCUT2D eigenvalue weighted by atomic mass is 35.5. The van der Waals surface area contributed by atoms with Crippen molar-refractivity contribution < 1.29 is 4.74 Å². The van der Waals surface area contributed by atoms with Crippen LogP contribution in [-0.2, 0) is 0 Å². The Morgan fingerprint density at radius 3 is 2.08 bits per heavy atom. The maximum absolute atomic E-state index is 5.76. The lowest BCUT2D eigenvalue weighted by molar-refractivity contribution is 0.170. The molecule has 0 aromatic heterocycles. The summed E-state index contributed by atoms with van der Waals surface area (Å²) in [7, 11) is 0. The quantitative estimate of drug-likeness (QED) is 0.719. The van der Waals surface area contributed by atoms with Crippen LogP contribution in [0.5, 0.6) is 5.75 Å². The lowest BCUT2D eigenvalue weighted by Gasteiger charge is -2.17. The highest BCUT2D eigenvalue weighted by molar-refractivity contribution is 6.30. The van der Waals surface area contributed by atoms with E-state index in [9.17, 15) is 0 Å². The lowest BCUT2D eigenvalue weighted by Crippen LogP contribution is -2.18. The summed E-state index contributed by atoms with van der Waals surface area (Å²) in [5.74, 6) is 1.40. The Morgan fingerprint density at radius 2 is 1.62 bits per heavy atom. The molecule has 0 heterocycles. The summed E-state index contributed by atoms with van der Waals surface area (Å²) in [5.41, 5.74) is 0. The van der Waals surface area contributed by atoms with Crippen LogP contribution in [0.2, 0.25) is 5.02 Å². The van der Waals surface area contributed by atoms with Crippen LogP contribution >= 0.6 is 11.6 Å². The molecule has 0 saturated carbocycles. The van der Waals surface area contributed by atoms with Crippen molar-refractivity contribution in [2.75, 3.05) is 0 Å². The highest BCUT2D eigenvalue weighted by Crippen LogP contribution is 2.18. The van der Waals surface area contributed by atoms with Crippen molar-refractivity contribution in [2.45, 2.75) is 26.9 Å². The number of halogens is 1. The molecule has 1 aromatic carbocycles. The van der Waals surface area contributed by atoms with E-state index >= 15 is 0 Å². The van der Waals surface area contributed by atoms with Crippen molar-refractivity contribution in [1.82, 2.24) is 0 Å². The molecule has 0 aliphatic rings. The topological polar surface area (TPSA) is 9.23 Å². The fourth-order valence-corrected chi connectivity index (χ4v) is 0.990. The van der Waals surface area contributed by atoms with Crippen molar-refractivity contribution in [2.24, 2.45) is 5.92 Å². The van der Waals surface area contributed by atoms with E-state index in [1.807, 2.05) is 24.3 Å². The number of rotatable bonds is 3. The minimum absolute atomic E-state index is 0.237. The molecule has 0 radical (unpaired) electrons. The third kappa shape index (κ3) is 3.27. The molecule has 0 fully saturated rings. The molecule has 0 N–H and O–H groups in total. The first-order valence-corrected chi connectivity index (χ1v) is 4.89. The van der Waals surface area contributed by atoms with Gasteiger partial charge >= 0.3 is 0 Å². The van der Waals surface area contributed by atoms with Crippen LogP contribution in [0.4, 0.5) is 0 Å². The van der Waals surface area contributed by atoms with E-state index in [1.54, 1.807) is 0 Å². The first-order chi connectivity index (χ1) is 6.09. The molecule has 0 bridgehead atoms. The molecule has 1 unspecified atom stereocenters. The Kier molecular flexibility index (Phi) is 3.61. The smallest absolute Gasteiger partial charge is 0.119 e. The molecule has 1 nitrogen and oxygen atoms in total. The lowest BCUT2D eigenvalue weighted by atomic mass is 10.1. The Morgan fingerprint density at radius 1 is 1.08 bits per heavy atom. The van der Waals surface area contributed by atoms with Gasteiger partial charge in [-0.2, -0.15) is 0 Å². The summed E-state index contributed by atoms with van der Waals surface area (Å²) >= 11 is 5.76. The second-order valence-corrected chi connectivity index (χ2v) is 3.96. The number of ether oxygens (including phenoxy) is 1. The van der Waals surface area contributed by atoms with E-state index in [2.05, 4.69) is 20.8 Å². The average molecular weight is 199 g/mol. The second-order valence-electron chi connectivity index (χ2n) is 3.52. The van der Waals surface area contributed by atoms with Gasteiger partial charge in [0.05, 0.1) is 6.10 Å². The Balaban J connectivity index is 2.59. The average Bonchev–Trinajstić information content (AvgIpc) is 2.08. The van der Waals surface area contributed by atoms with Crippen LogP contribution in [-0.4, -0.2) is 6.10 Å². The summed E-state index contributed by atoms with van der Waals surface area (Å²) in [6.45, 7) is 6.35. The fraction of sp³-hybridized carbons (Fsp3) is 0.455. The SMILES string of the molecule is CC(C)C(C)Oc1ccc(Cl)cc1. The van der Waals surface area contributed by atoms with Crippen LogP contribution in [0, 0.1) is 5.92 Å². The summed E-state index contributed by atoms with van der Waals surface area (Å²) in [4.78, 5) is 0. The predicted octanol–water partition coefficient (Wildman–Crippen LogP) is 3.76. The van der Waals surface area contributed by atoms with Crippen LogP contribution in [0.15, 0.2) is 24.3 Å². The van der Waals surface area contributed by atoms with E-state index in [4.69, 9.17) is 16.3 Å². The van der Waals surface area contributed by atoms with Gasteiger partial charge < -0.3 is 4.74 Å². The largest absolute Gasteiger partial charge is 0.490 e. The molecule has 0 amide bonds. The zero-order valence-corrected chi connectivity index (χ0v) is 9.01. The van der Waals surface area contributed by atoms with Gasteiger partial charge in [0, 0.05) is 5.02 Å². The molecule has 0 aliphatic heterocycles. The number of hydrogen-bond acceptors (Lipinski definition) is 1. The second kappa shape index (κ2) is 4.52. The van der Waals surface area contributed by atoms with Crippen molar-refractivity contribution in [3.8, 4) is 5.75 Å². The fourth-order valence-electron chi connectivity index (χ4n) is 0.864. The molecular formula is C11H15ClO. The molecule has 2 heteroatoms. The molecular weight excluding hydrogens is 184 g/mol. The highest BCUT2D eigenvalue weighted by Gasteiger charge is 2.07. The molecule has 0 spiro atoms. The van der Waals surface area contributed by atoms with Crippen molar-refractivity contribution in [1.29, 1.82) is 0 Å². The maximum Gasteiger partial charge on any atom is 0.119 e. The van der Waals surface area contributed by atoms with E-state index < -0.39 is 0 Å². The van der Waals surface area contributed by atoms with Crippen molar-refractivity contribution in [3.63, 3.8) is 0 Å². The monoisotopic (exact) mass is 198 g/mol. The predicted molar refractivity (Wildman–Crippen MR) is 56.4 cm³/mol. The van der Waals surface area contributed by atoms with E-state index in [0.717, 1.165) is 10.8 Å². The Bertz CT molecular complexity index is 253. The normalized spacial score (nSPS) is 13.0. The zero-order valence-electron chi connectivity index (χ0n) is 8.25. The van der Waals surface area contributed by atoms with Crippen LogP contribution in [0.3, 0.4) is 0 Å². The molecule has 13 heavy (non-hydrogen) atoms. The van der Waals surface area contributed by atoms with Gasteiger partial charge in [0.2, 0.25) is 0 Å². The van der Waals surface area contributed by atoms with Gasteiger partial charge in [0.15, 0.2) is 0 Å². The Labute approximate surface area is 84.7 Å². The third-order valence-electron chi connectivity index (χ3n) is 2.07. The van der Waals surface area contributed by atoms with Gasteiger partial charge in [-0.1, -0.05) is 25.4 Å². The van der Waals surface area contributed by atoms with E-state index in [1.165, 1.54) is 0 Å². The Hall–Kier alpha value is -0.690. The van der Waals surface area contributed by atoms with Gasteiger partial charge in [0.25, 0.3) is 0 Å². The standard InChI is InChI=1S/C11H15ClO/c1-8(2)9(3)13-11-6-4-10(12)5-7-11/h4-9H,1-3H3.